The second kappa shape index (κ2) is 17.8. The summed E-state index contributed by atoms with van der Waals surface area (Å²) in [5.74, 6) is 0.669. The van der Waals surface area contributed by atoms with E-state index < -0.39 is 41.6 Å². The van der Waals surface area contributed by atoms with E-state index in [0.29, 0.717) is 25.0 Å². The Morgan fingerprint density at radius 3 is 1.34 bits per heavy atom. The van der Waals surface area contributed by atoms with Crippen molar-refractivity contribution >= 4 is 48.5 Å². The molecule has 1 heterocycles. The van der Waals surface area contributed by atoms with E-state index in [1.165, 1.54) is 0 Å². The molecule has 4 atom stereocenters. The maximum atomic E-state index is 16.2. The van der Waals surface area contributed by atoms with Gasteiger partial charge in [0.2, 0.25) is 0 Å². The van der Waals surface area contributed by atoms with Gasteiger partial charge in [-0.15, -0.1) is 0 Å². The van der Waals surface area contributed by atoms with Gasteiger partial charge in [-0.25, -0.2) is 0 Å². The van der Waals surface area contributed by atoms with E-state index in [0.717, 1.165) is 16.3 Å². The zero-order valence-electron chi connectivity index (χ0n) is 30.1. The first kappa shape index (κ1) is 38.0. The van der Waals surface area contributed by atoms with Crippen molar-refractivity contribution in [3.05, 3.63) is 127 Å². The number of aliphatic imine (C=N–C) groups is 2. The minimum absolute atomic E-state index is 0.122. The fourth-order valence-electron chi connectivity index (χ4n) is 7.34. The third-order valence-corrected chi connectivity index (χ3v) is 31.0. The molecule has 0 saturated heterocycles. The SMILES string of the molecule is CCOC1=N[C@H](C(C)C)C(OCC)=N[C@H]1[C@@H](c1ccccc1)[CH](P(=O)(OCC)OCC)[Sn]([c]1ccccc1)([c]1ccccc1)[c]1ccccc1. The van der Waals surface area contributed by atoms with Crippen molar-refractivity contribution in [2.45, 2.75) is 63.2 Å². The van der Waals surface area contributed by atoms with Gasteiger partial charge in [-0.2, -0.15) is 0 Å². The molecule has 0 N–H and O–H groups in total. The van der Waals surface area contributed by atoms with Crippen LogP contribution in [-0.2, 0) is 23.1 Å². The molecule has 0 fully saturated rings. The normalized spacial score (nSPS) is 17.8. The molecule has 1 unspecified atom stereocenters. The number of nitrogens with zero attached hydrogens (tertiary/aromatic N) is 2. The molecule has 7 nitrogen and oxygen atoms in total. The van der Waals surface area contributed by atoms with Gasteiger partial charge >= 0.3 is 304 Å². The molecule has 0 bridgehead atoms. The van der Waals surface area contributed by atoms with Crippen LogP contribution in [0.2, 0.25) is 0 Å². The summed E-state index contributed by atoms with van der Waals surface area (Å²) in [5.41, 5.74) is 0.959. The second-order valence-corrected chi connectivity index (χ2v) is 27.5. The Labute approximate surface area is 302 Å². The van der Waals surface area contributed by atoms with E-state index in [9.17, 15) is 0 Å². The van der Waals surface area contributed by atoms with Gasteiger partial charge in [0.15, 0.2) is 0 Å². The molecule has 1 aliphatic heterocycles. The Morgan fingerprint density at radius 1 is 0.580 bits per heavy atom. The Hall–Kier alpha value is -3.23. The van der Waals surface area contributed by atoms with Gasteiger partial charge in [0.05, 0.1) is 0 Å². The molecule has 0 amide bonds. The molecule has 264 valence electrons. The topological polar surface area (TPSA) is 78.7 Å². The molecule has 0 radical (unpaired) electrons. The van der Waals surface area contributed by atoms with E-state index >= 15 is 4.57 Å². The Balaban J connectivity index is 2.00. The Bertz CT molecular complexity index is 1630. The number of hydrogen-bond donors (Lipinski definition) is 0. The first-order chi connectivity index (χ1) is 24.3. The maximum absolute atomic E-state index is 16.2. The van der Waals surface area contributed by atoms with Gasteiger partial charge in [-0.3, -0.25) is 0 Å². The molecule has 0 aliphatic carbocycles. The molecule has 0 aromatic heterocycles. The summed E-state index contributed by atoms with van der Waals surface area (Å²) in [6, 6.07) is 41.1. The van der Waals surface area contributed by atoms with Gasteiger partial charge in [-0.1, -0.05) is 0 Å². The quantitative estimate of drug-likeness (QED) is 0.0927. The van der Waals surface area contributed by atoms with Crippen LogP contribution in [0.25, 0.3) is 0 Å². The summed E-state index contributed by atoms with van der Waals surface area (Å²) in [7, 11) is -3.98. The average molecular weight is 802 g/mol. The molecule has 0 saturated carbocycles. The fraction of sp³-hybridized carbons (Fsp3) is 0.366. The van der Waals surface area contributed by atoms with E-state index in [-0.39, 0.29) is 25.2 Å². The van der Waals surface area contributed by atoms with Crippen LogP contribution in [0.1, 0.15) is 53.0 Å². The van der Waals surface area contributed by atoms with Crippen LogP contribution in [0.4, 0.5) is 0 Å². The summed E-state index contributed by atoms with van der Waals surface area (Å²) in [6.07, 6.45) is 0. The summed E-state index contributed by atoms with van der Waals surface area (Å²) >= 11 is -4.68. The van der Waals surface area contributed by atoms with Crippen molar-refractivity contribution < 1.29 is 23.1 Å². The molecule has 50 heavy (non-hydrogen) atoms. The molecule has 4 aromatic rings. The van der Waals surface area contributed by atoms with Crippen molar-refractivity contribution in [3.8, 4) is 0 Å². The van der Waals surface area contributed by atoms with Crippen LogP contribution in [0.5, 0.6) is 0 Å². The molecular weight excluding hydrogens is 750 g/mol. The first-order valence-corrected chi connectivity index (χ1v) is 25.4. The van der Waals surface area contributed by atoms with E-state index in [4.69, 9.17) is 28.5 Å². The van der Waals surface area contributed by atoms with Crippen molar-refractivity contribution in [3.63, 3.8) is 0 Å². The predicted octanol–water partition coefficient (Wildman–Crippen LogP) is 7.39. The van der Waals surface area contributed by atoms with Gasteiger partial charge in [-0.05, 0) is 0 Å². The summed E-state index contributed by atoms with van der Waals surface area (Å²) in [6.45, 7) is 13.2. The molecule has 4 aromatic carbocycles. The van der Waals surface area contributed by atoms with E-state index in [1.807, 2.05) is 64.1 Å². The van der Waals surface area contributed by atoms with Crippen LogP contribution < -0.4 is 10.7 Å². The van der Waals surface area contributed by atoms with Crippen LogP contribution in [0, 0.1) is 5.92 Å². The first-order valence-electron chi connectivity index (χ1n) is 17.9. The molecule has 5 rings (SSSR count). The summed E-state index contributed by atoms with van der Waals surface area (Å²) in [5, 5.41) is 0. The van der Waals surface area contributed by atoms with Crippen LogP contribution in [0.3, 0.4) is 0 Å². The van der Waals surface area contributed by atoms with Gasteiger partial charge in [0.25, 0.3) is 0 Å². The molecular formula is C41H51N2O5PSn. The van der Waals surface area contributed by atoms with Crippen molar-refractivity contribution in [2.24, 2.45) is 15.9 Å². The van der Waals surface area contributed by atoms with Crippen LogP contribution in [0.15, 0.2) is 131 Å². The Morgan fingerprint density at radius 2 is 0.960 bits per heavy atom. The standard InChI is InChI=1S/C23H36N2O5P.3C6H5.Sn/c1-7-27-22-20(17(5)6)24-23(28-8-2)21(25-22)19(18-14-12-11-13-15-18)16-31(26,29-9-3)30-10-4;3*1-2-4-6-5-3-1;/h11-17,19-21H,7-10H2,1-6H3;3*1-5H;/t19-,20-,21+;;;;/m1..../s1. The molecule has 0 spiro atoms. The number of rotatable bonds is 15. The van der Waals surface area contributed by atoms with Crippen LogP contribution in [-0.4, -0.2) is 72.4 Å². The third kappa shape index (κ3) is 7.81. The van der Waals surface area contributed by atoms with E-state index in [2.05, 4.69) is 98.8 Å². The average Bonchev–Trinajstić information content (AvgIpc) is 3.14. The number of benzene rings is 4. The monoisotopic (exact) mass is 802 g/mol. The van der Waals surface area contributed by atoms with Crippen molar-refractivity contribution in [1.29, 1.82) is 0 Å². The fourth-order valence-corrected chi connectivity index (χ4v) is 32.5. The summed E-state index contributed by atoms with van der Waals surface area (Å²) < 4.78 is 44.9. The minimum atomic E-state index is -4.68. The van der Waals surface area contributed by atoms with Crippen molar-refractivity contribution in [1.82, 2.24) is 0 Å². The zero-order chi connectivity index (χ0) is 35.6. The van der Waals surface area contributed by atoms with Gasteiger partial charge < -0.3 is 0 Å². The zero-order valence-corrected chi connectivity index (χ0v) is 33.9. The Kier molecular flexibility index (Phi) is 13.5. The number of hydrogen-bond acceptors (Lipinski definition) is 7. The third-order valence-electron chi connectivity index (χ3n) is 9.21. The van der Waals surface area contributed by atoms with Gasteiger partial charge in [0, 0.05) is 0 Å². The molecule has 1 aliphatic rings. The second-order valence-electron chi connectivity index (χ2n) is 12.6. The van der Waals surface area contributed by atoms with Crippen LogP contribution >= 0.6 is 7.60 Å². The molecule has 9 heteroatoms. The summed E-state index contributed by atoms with van der Waals surface area (Å²) in [4.78, 5) is 10.7. The number of ether oxygens (including phenoxy) is 2. The van der Waals surface area contributed by atoms with Gasteiger partial charge in [0.1, 0.15) is 0 Å². The van der Waals surface area contributed by atoms with Crippen molar-refractivity contribution in [2.75, 3.05) is 26.4 Å². The van der Waals surface area contributed by atoms with E-state index in [1.54, 1.807) is 0 Å². The predicted molar refractivity (Wildman–Crippen MR) is 208 cm³/mol.